The topological polar surface area (TPSA) is 112 Å². The van der Waals surface area contributed by atoms with Gasteiger partial charge in [0.1, 0.15) is 0 Å². The Labute approximate surface area is 228 Å². The summed E-state index contributed by atoms with van der Waals surface area (Å²) in [5.41, 5.74) is 8.09. The molecular formula is C30H27N7OS. The number of thiophene rings is 1. The number of aromatic nitrogens is 6. The summed E-state index contributed by atoms with van der Waals surface area (Å²) in [4.78, 5) is 29.6. The van der Waals surface area contributed by atoms with Gasteiger partial charge in [-0.3, -0.25) is 19.9 Å². The van der Waals surface area contributed by atoms with Gasteiger partial charge in [0.05, 0.1) is 35.0 Å². The van der Waals surface area contributed by atoms with Crippen LogP contribution in [0.2, 0.25) is 0 Å². The zero-order valence-electron chi connectivity index (χ0n) is 21.3. The number of carbonyl (C=O) groups is 1. The van der Waals surface area contributed by atoms with Crippen LogP contribution in [-0.4, -0.2) is 36.0 Å². The minimum absolute atomic E-state index is 0.0571. The van der Waals surface area contributed by atoms with E-state index in [9.17, 15) is 4.79 Å². The first kappa shape index (κ1) is 23.7. The van der Waals surface area contributed by atoms with Gasteiger partial charge in [-0.15, -0.1) is 0 Å². The van der Waals surface area contributed by atoms with Gasteiger partial charge in [0.25, 0.3) is 0 Å². The van der Waals surface area contributed by atoms with Crippen LogP contribution in [0.4, 0.5) is 5.69 Å². The van der Waals surface area contributed by atoms with Crippen LogP contribution >= 0.6 is 11.3 Å². The van der Waals surface area contributed by atoms with E-state index in [0.717, 1.165) is 62.8 Å². The Balaban J connectivity index is 1.19. The number of amides is 1. The van der Waals surface area contributed by atoms with Crippen LogP contribution in [0.15, 0.2) is 66.0 Å². The molecule has 0 saturated heterocycles. The molecule has 0 atom stereocenters. The number of aromatic amines is 2. The van der Waals surface area contributed by atoms with E-state index in [1.54, 1.807) is 29.9 Å². The molecule has 6 aromatic heterocycles. The predicted octanol–water partition coefficient (Wildman–Crippen LogP) is 7.20. The lowest BCUT2D eigenvalue weighted by atomic mass is 9.87. The van der Waals surface area contributed by atoms with E-state index >= 15 is 0 Å². The van der Waals surface area contributed by atoms with Gasteiger partial charge >= 0.3 is 0 Å². The average Bonchev–Trinajstić information content (AvgIpc) is 3.73. The van der Waals surface area contributed by atoms with Gasteiger partial charge in [-0.2, -0.15) is 16.4 Å². The van der Waals surface area contributed by atoms with Gasteiger partial charge < -0.3 is 10.3 Å². The highest BCUT2D eigenvalue weighted by molar-refractivity contribution is 7.08. The third-order valence-electron chi connectivity index (χ3n) is 7.61. The zero-order chi connectivity index (χ0) is 26.2. The molecule has 1 amide bonds. The lowest BCUT2D eigenvalue weighted by Gasteiger charge is -2.20. The molecule has 7 rings (SSSR count). The van der Waals surface area contributed by atoms with Crippen molar-refractivity contribution >= 4 is 44.9 Å². The predicted molar refractivity (Wildman–Crippen MR) is 155 cm³/mol. The van der Waals surface area contributed by atoms with Crippen LogP contribution in [0, 0.1) is 5.92 Å². The fraction of sp³-hybridized carbons (Fsp3) is 0.233. The first-order valence-electron chi connectivity index (χ1n) is 13.3. The van der Waals surface area contributed by atoms with E-state index in [0.29, 0.717) is 23.7 Å². The Morgan fingerprint density at radius 2 is 1.82 bits per heavy atom. The fourth-order valence-electron chi connectivity index (χ4n) is 5.63. The first-order valence-corrected chi connectivity index (χ1v) is 14.2. The van der Waals surface area contributed by atoms with E-state index in [-0.39, 0.29) is 5.91 Å². The molecular weight excluding hydrogens is 506 g/mol. The van der Waals surface area contributed by atoms with Gasteiger partial charge in [-0.25, -0.2) is 4.98 Å². The molecule has 9 heteroatoms. The molecule has 39 heavy (non-hydrogen) atoms. The highest BCUT2D eigenvalue weighted by atomic mass is 32.1. The number of H-pyrrole nitrogens is 2. The van der Waals surface area contributed by atoms with Crippen molar-refractivity contribution in [3.63, 3.8) is 0 Å². The molecule has 0 radical (unpaired) electrons. The van der Waals surface area contributed by atoms with Gasteiger partial charge in [0.15, 0.2) is 5.65 Å². The Morgan fingerprint density at radius 3 is 2.69 bits per heavy atom. The van der Waals surface area contributed by atoms with Crippen molar-refractivity contribution in [1.29, 1.82) is 0 Å². The molecule has 0 aliphatic heterocycles. The first-order chi connectivity index (χ1) is 19.2. The second-order valence-electron chi connectivity index (χ2n) is 10.3. The van der Waals surface area contributed by atoms with Crippen molar-refractivity contribution < 1.29 is 4.79 Å². The van der Waals surface area contributed by atoms with Crippen LogP contribution in [0.1, 0.15) is 38.5 Å². The standard InChI is InChI=1S/C30H27N7OS/c38-28(8-18-4-2-1-3-5-18)34-22-9-20(12-31-14-22)21-10-24-29(36-37-30(24)33-13-21)26-11-23-25(19-6-7-39-17-19)15-32-16-27(23)35-26/h6-7,9-18,35H,1-5,8H2,(H,34,38)(H,33,36,37). The average molecular weight is 534 g/mol. The monoisotopic (exact) mass is 533 g/mol. The lowest BCUT2D eigenvalue weighted by molar-refractivity contribution is -0.117. The molecule has 1 saturated carbocycles. The maximum atomic E-state index is 12.7. The highest BCUT2D eigenvalue weighted by Crippen LogP contribution is 2.35. The van der Waals surface area contributed by atoms with Crippen molar-refractivity contribution in [3.05, 3.63) is 66.0 Å². The molecule has 0 aromatic carbocycles. The molecule has 0 spiro atoms. The minimum Gasteiger partial charge on any atom is -0.352 e. The number of fused-ring (bicyclic) bond motifs is 2. The SMILES string of the molecule is O=C(CC1CCCCC1)Nc1cncc(-c2cnc3n[nH]c(-c4cc5c(-c6ccsc6)cncc5[nH]4)c3c2)c1. The third kappa shape index (κ3) is 4.70. The van der Waals surface area contributed by atoms with E-state index < -0.39 is 0 Å². The van der Waals surface area contributed by atoms with Crippen LogP contribution in [0.25, 0.3) is 55.6 Å². The van der Waals surface area contributed by atoms with Crippen molar-refractivity contribution in [2.75, 3.05) is 5.32 Å². The van der Waals surface area contributed by atoms with Crippen LogP contribution in [0.3, 0.4) is 0 Å². The molecule has 0 bridgehead atoms. The number of nitrogens with zero attached hydrogens (tertiary/aromatic N) is 4. The van der Waals surface area contributed by atoms with Crippen molar-refractivity contribution in [3.8, 4) is 33.6 Å². The number of anilines is 1. The minimum atomic E-state index is 0.0571. The number of hydrogen-bond acceptors (Lipinski definition) is 6. The van der Waals surface area contributed by atoms with Crippen LogP contribution < -0.4 is 5.32 Å². The third-order valence-corrected chi connectivity index (χ3v) is 8.29. The molecule has 1 aliphatic rings. The normalized spacial score (nSPS) is 14.3. The maximum Gasteiger partial charge on any atom is 0.224 e. The number of pyridine rings is 3. The van der Waals surface area contributed by atoms with E-state index in [1.807, 2.05) is 18.5 Å². The summed E-state index contributed by atoms with van der Waals surface area (Å²) in [7, 11) is 0. The van der Waals surface area contributed by atoms with E-state index in [1.165, 1.54) is 19.3 Å². The summed E-state index contributed by atoms with van der Waals surface area (Å²) in [6.45, 7) is 0. The molecule has 3 N–H and O–H groups in total. The van der Waals surface area contributed by atoms with Crippen molar-refractivity contribution in [2.45, 2.75) is 38.5 Å². The maximum absolute atomic E-state index is 12.7. The summed E-state index contributed by atoms with van der Waals surface area (Å²) >= 11 is 1.67. The van der Waals surface area contributed by atoms with Crippen LogP contribution in [-0.2, 0) is 4.79 Å². The van der Waals surface area contributed by atoms with E-state index in [2.05, 4.69) is 64.4 Å². The van der Waals surface area contributed by atoms with Crippen molar-refractivity contribution in [1.82, 2.24) is 30.1 Å². The van der Waals surface area contributed by atoms with E-state index in [4.69, 9.17) is 0 Å². The quantitative estimate of drug-likeness (QED) is 0.210. The second-order valence-corrected chi connectivity index (χ2v) is 11.0. The molecule has 1 aliphatic carbocycles. The number of hydrogen-bond donors (Lipinski definition) is 3. The smallest absolute Gasteiger partial charge is 0.224 e. The van der Waals surface area contributed by atoms with Crippen molar-refractivity contribution in [2.24, 2.45) is 5.92 Å². The summed E-state index contributed by atoms with van der Waals surface area (Å²) in [5.74, 6) is 0.546. The molecule has 194 valence electrons. The van der Waals surface area contributed by atoms with Gasteiger partial charge in [-0.05, 0) is 59.3 Å². The highest BCUT2D eigenvalue weighted by Gasteiger charge is 2.18. The number of carbonyl (C=O) groups excluding carboxylic acids is 1. The Hall–Kier alpha value is -4.37. The Morgan fingerprint density at radius 1 is 0.949 bits per heavy atom. The van der Waals surface area contributed by atoms with Gasteiger partial charge in [0.2, 0.25) is 5.91 Å². The van der Waals surface area contributed by atoms with Crippen LogP contribution in [0.5, 0.6) is 0 Å². The summed E-state index contributed by atoms with van der Waals surface area (Å²) < 4.78 is 0. The summed E-state index contributed by atoms with van der Waals surface area (Å²) in [6.07, 6.45) is 15.6. The fourth-order valence-corrected chi connectivity index (χ4v) is 6.28. The second kappa shape index (κ2) is 10.1. The Kier molecular flexibility index (Phi) is 6.13. The Bertz CT molecular complexity index is 1780. The summed E-state index contributed by atoms with van der Waals surface area (Å²) in [6, 6.07) is 8.26. The molecule has 6 aromatic rings. The molecule has 0 unspecified atom stereocenters. The number of nitrogens with one attached hydrogen (secondary N) is 3. The van der Waals surface area contributed by atoms with Gasteiger partial charge in [0, 0.05) is 52.5 Å². The summed E-state index contributed by atoms with van der Waals surface area (Å²) in [5, 5.41) is 16.9. The largest absolute Gasteiger partial charge is 0.352 e. The number of rotatable bonds is 6. The molecule has 8 nitrogen and oxygen atoms in total. The molecule has 1 fully saturated rings. The zero-order valence-corrected chi connectivity index (χ0v) is 22.1. The lowest BCUT2D eigenvalue weighted by Crippen LogP contribution is -2.18. The van der Waals surface area contributed by atoms with Gasteiger partial charge in [-0.1, -0.05) is 19.3 Å². The molecule has 6 heterocycles.